The topological polar surface area (TPSA) is 95.5 Å². The summed E-state index contributed by atoms with van der Waals surface area (Å²) in [4.78, 5) is 22.9. The van der Waals surface area contributed by atoms with Crippen LogP contribution < -0.4 is 15.2 Å². The number of nitrogens with two attached hydrogens (primary N) is 1. The van der Waals surface area contributed by atoms with Gasteiger partial charge in [-0.15, -0.1) is 0 Å². The highest BCUT2D eigenvalue weighted by Gasteiger charge is 2.22. The Morgan fingerprint density at radius 2 is 1.97 bits per heavy atom. The number of fused-ring (bicyclic) bond motifs is 2. The van der Waals surface area contributed by atoms with Gasteiger partial charge < -0.3 is 24.7 Å². The van der Waals surface area contributed by atoms with Crippen LogP contribution in [0, 0.1) is 5.92 Å². The number of hydrogen-bond donors (Lipinski definition) is 1. The fraction of sp³-hybridized carbons (Fsp3) is 0.409. The Bertz CT molecular complexity index is 1150. The minimum atomic E-state index is 0.434. The van der Waals surface area contributed by atoms with E-state index in [9.17, 15) is 4.79 Å². The number of benzene rings is 1. The van der Waals surface area contributed by atoms with E-state index in [2.05, 4.69) is 25.5 Å². The van der Waals surface area contributed by atoms with E-state index in [0.717, 1.165) is 82.4 Å². The summed E-state index contributed by atoms with van der Waals surface area (Å²) < 4.78 is 14.6. The van der Waals surface area contributed by atoms with Crippen LogP contribution in [0.2, 0.25) is 0 Å². The molecule has 0 aliphatic carbocycles. The van der Waals surface area contributed by atoms with Crippen LogP contribution in [0.15, 0.2) is 38.9 Å². The maximum absolute atomic E-state index is 11.0. The van der Waals surface area contributed by atoms with Crippen LogP contribution in [-0.2, 0) is 11.3 Å². The summed E-state index contributed by atoms with van der Waals surface area (Å²) in [6.07, 6.45) is 5.77. The van der Waals surface area contributed by atoms with Crippen molar-refractivity contribution in [1.82, 2.24) is 19.4 Å². The minimum absolute atomic E-state index is 0.434. The number of piperidine rings is 1. The number of pyridine rings is 1. The monoisotopic (exact) mass is 517 g/mol. The van der Waals surface area contributed by atoms with E-state index in [1.54, 1.807) is 18.0 Å². The molecular weight excluding hydrogens is 494 g/mol. The highest BCUT2D eigenvalue weighted by Crippen LogP contribution is 2.42. The molecule has 2 aromatic heterocycles. The molecule has 0 unspecified atom stereocenters. The van der Waals surface area contributed by atoms with E-state index in [-0.39, 0.29) is 0 Å². The van der Waals surface area contributed by atoms with Crippen molar-refractivity contribution in [3.05, 3.63) is 28.9 Å². The molecule has 0 saturated carbocycles. The van der Waals surface area contributed by atoms with Crippen LogP contribution in [-0.4, -0.2) is 52.1 Å². The van der Waals surface area contributed by atoms with Gasteiger partial charge in [-0.1, -0.05) is 11.8 Å². The first-order valence-corrected chi connectivity index (χ1v) is 12.3. The summed E-state index contributed by atoms with van der Waals surface area (Å²) >= 11 is 5.24. The number of nitrogens with zero attached hydrogens (tertiary/aromatic N) is 4. The van der Waals surface area contributed by atoms with Gasteiger partial charge in [0.25, 0.3) is 0 Å². The summed E-state index contributed by atoms with van der Waals surface area (Å²) in [5.41, 5.74) is 7.85. The summed E-state index contributed by atoms with van der Waals surface area (Å²) in [5.74, 6) is 2.51. The van der Waals surface area contributed by atoms with Gasteiger partial charge >= 0.3 is 0 Å². The van der Waals surface area contributed by atoms with E-state index in [1.807, 2.05) is 23.1 Å². The summed E-state index contributed by atoms with van der Waals surface area (Å²) in [7, 11) is 0. The van der Waals surface area contributed by atoms with Crippen molar-refractivity contribution in [3.8, 4) is 11.5 Å². The number of aryl methyl sites for hydroxylation is 1. The molecule has 0 bridgehead atoms. The third-order valence-electron chi connectivity index (χ3n) is 6.02. The average Bonchev–Trinajstić information content (AvgIpc) is 3.17. The van der Waals surface area contributed by atoms with Crippen LogP contribution >= 0.6 is 27.7 Å². The Morgan fingerprint density at radius 1 is 1.22 bits per heavy atom. The van der Waals surface area contributed by atoms with Gasteiger partial charge in [-0.2, -0.15) is 0 Å². The molecule has 0 atom stereocenters. The molecule has 2 aliphatic heterocycles. The number of carbonyl (C=O) groups excluding carboxylic acids is 1. The molecule has 1 fully saturated rings. The quantitative estimate of drug-likeness (QED) is 0.494. The van der Waals surface area contributed by atoms with Crippen molar-refractivity contribution in [3.63, 3.8) is 0 Å². The Kier molecular flexibility index (Phi) is 6.14. The van der Waals surface area contributed by atoms with Crippen molar-refractivity contribution >= 4 is 51.0 Å². The van der Waals surface area contributed by atoms with E-state index in [4.69, 9.17) is 20.2 Å². The molecule has 3 aromatic rings. The van der Waals surface area contributed by atoms with Crippen LogP contribution in [0.25, 0.3) is 11.0 Å². The second kappa shape index (κ2) is 9.19. The lowest BCUT2D eigenvalue weighted by Crippen LogP contribution is -2.32. The van der Waals surface area contributed by atoms with Crippen LogP contribution in [0.5, 0.6) is 11.5 Å². The second-order valence-electron chi connectivity index (χ2n) is 8.01. The van der Waals surface area contributed by atoms with Gasteiger partial charge in [0.2, 0.25) is 6.41 Å². The first kappa shape index (κ1) is 21.4. The third-order valence-corrected chi connectivity index (χ3v) is 7.99. The Balaban J connectivity index is 1.43. The second-order valence-corrected chi connectivity index (χ2v) is 9.88. The third kappa shape index (κ3) is 4.25. The Morgan fingerprint density at radius 3 is 2.72 bits per heavy atom. The number of likely N-dealkylation sites (tertiary alicyclic amines) is 1. The van der Waals surface area contributed by atoms with Gasteiger partial charge in [-0.3, -0.25) is 4.79 Å². The highest BCUT2D eigenvalue weighted by molar-refractivity contribution is 9.10. The average molecular weight is 518 g/mol. The lowest BCUT2D eigenvalue weighted by atomic mass is 9.94. The molecule has 2 N–H and O–H groups in total. The molecule has 4 heterocycles. The highest BCUT2D eigenvalue weighted by atomic mass is 79.9. The summed E-state index contributed by atoms with van der Waals surface area (Å²) in [6, 6.07) is 5.90. The SMILES string of the molecule is Nc1nccc2c1nc(Sc1cc3c(cc1Br)OCCO3)n2CCC1CCN(C=O)CC1. The van der Waals surface area contributed by atoms with Crippen molar-refractivity contribution in [2.45, 2.75) is 35.9 Å². The van der Waals surface area contributed by atoms with Crippen molar-refractivity contribution in [2.75, 3.05) is 32.0 Å². The first-order valence-electron chi connectivity index (χ1n) is 10.7. The number of anilines is 1. The lowest BCUT2D eigenvalue weighted by Gasteiger charge is -2.29. The number of amides is 1. The fourth-order valence-corrected chi connectivity index (χ4v) is 5.75. The number of rotatable bonds is 6. The fourth-order valence-electron chi connectivity index (χ4n) is 4.23. The predicted octanol–water partition coefficient (Wildman–Crippen LogP) is 3.96. The van der Waals surface area contributed by atoms with Gasteiger partial charge in [0.15, 0.2) is 22.5 Å². The van der Waals surface area contributed by atoms with Crippen molar-refractivity contribution in [1.29, 1.82) is 0 Å². The largest absolute Gasteiger partial charge is 0.486 e. The molecule has 32 heavy (non-hydrogen) atoms. The number of hydrogen-bond acceptors (Lipinski definition) is 7. The molecule has 0 spiro atoms. The number of carbonyl (C=O) groups is 1. The van der Waals surface area contributed by atoms with E-state index in [1.165, 1.54) is 0 Å². The minimum Gasteiger partial charge on any atom is -0.486 e. The maximum Gasteiger partial charge on any atom is 0.209 e. The summed E-state index contributed by atoms with van der Waals surface area (Å²) in [5, 5.41) is 0.863. The van der Waals surface area contributed by atoms with Crippen molar-refractivity contribution in [2.24, 2.45) is 5.92 Å². The normalized spacial score (nSPS) is 16.5. The van der Waals surface area contributed by atoms with Crippen LogP contribution in [0.1, 0.15) is 19.3 Å². The molecule has 5 rings (SSSR count). The number of imidazole rings is 1. The van der Waals surface area contributed by atoms with Crippen LogP contribution in [0.3, 0.4) is 0 Å². The smallest absolute Gasteiger partial charge is 0.209 e. The molecule has 10 heteroatoms. The molecule has 1 amide bonds. The zero-order valence-corrected chi connectivity index (χ0v) is 19.9. The molecule has 2 aliphatic rings. The summed E-state index contributed by atoms with van der Waals surface area (Å²) in [6.45, 7) is 3.60. The van der Waals surface area contributed by atoms with Gasteiger partial charge in [0.1, 0.15) is 18.7 Å². The predicted molar refractivity (Wildman–Crippen MR) is 126 cm³/mol. The standard InChI is InChI=1S/C22H24BrN5O3S/c23-15-11-17-18(31-10-9-30-17)12-19(15)32-22-26-20-16(1-5-25-21(20)24)28(22)8-4-14-2-6-27(13-29)7-3-14/h1,5,11-14H,2-4,6-10H2,(H2,24,25). The van der Waals surface area contributed by atoms with Crippen molar-refractivity contribution < 1.29 is 14.3 Å². The zero-order valence-electron chi connectivity index (χ0n) is 17.5. The number of aromatic nitrogens is 3. The molecular formula is C22H24BrN5O3S. The van der Waals surface area contributed by atoms with Gasteiger partial charge in [0, 0.05) is 35.2 Å². The molecule has 168 valence electrons. The number of halogens is 1. The maximum atomic E-state index is 11.0. The Hall–Kier alpha value is -2.46. The Labute approximate surface area is 198 Å². The van der Waals surface area contributed by atoms with Crippen LogP contribution in [0.4, 0.5) is 5.82 Å². The molecule has 8 nitrogen and oxygen atoms in total. The number of nitrogen functional groups attached to an aromatic ring is 1. The first-order chi connectivity index (χ1) is 15.6. The molecule has 1 saturated heterocycles. The van der Waals surface area contributed by atoms with E-state index < -0.39 is 0 Å². The van der Waals surface area contributed by atoms with Gasteiger partial charge in [0.05, 0.1) is 5.52 Å². The van der Waals surface area contributed by atoms with E-state index in [0.29, 0.717) is 24.9 Å². The van der Waals surface area contributed by atoms with Gasteiger partial charge in [-0.05, 0) is 59.3 Å². The molecule has 0 radical (unpaired) electrons. The lowest BCUT2D eigenvalue weighted by molar-refractivity contribution is -0.119. The van der Waals surface area contributed by atoms with Gasteiger partial charge in [-0.25, -0.2) is 9.97 Å². The van der Waals surface area contributed by atoms with E-state index >= 15 is 0 Å². The zero-order chi connectivity index (χ0) is 22.1. The number of ether oxygens (including phenoxy) is 2. The molecule has 1 aromatic carbocycles.